The number of aliphatic hydroxyl groups is 1. The Balaban J connectivity index is 1.59. The number of carbonyl (C=O) groups excluding carboxylic acids is 1. The second-order valence-electron chi connectivity index (χ2n) is 7.85. The minimum Gasteiger partial charge on any atom is -0.394 e. The summed E-state index contributed by atoms with van der Waals surface area (Å²) >= 11 is 0. The Morgan fingerprint density at radius 3 is 2.48 bits per heavy atom. The largest absolute Gasteiger partial charge is 0.394 e. The molecule has 0 radical (unpaired) electrons. The highest BCUT2D eigenvalue weighted by Gasteiger charge is 2.31. The van der Waals surface area contributed by atoms with E-state index in [9.17, 15) is 18.3 Å². The summed E-state index contributed by atoms with van der Waals surface area (Å²) in [5, 5.41) is 12.7. The van der Waals surface area contributed by atoms with Crippen LogP contribution in [0, 0.1) is 6.92 Å². The molecule has 0 saturated heterocycles. The van der Waals surface area contributed by atoms with Crippen LogP contribution in [0.3, 0.4) is 0 Å². The van der Waals surface area contributed by atoms with Crippen LogP contribution in [0.4, 0.5) is 0 Å². The molecule has 8 heteroatoms. The van der Waals surface area contributed by atoms with Gasteiger partial charge in [-0.3, -0.25) is 4.79 Å². The molecule has 1 aliphatic carbocycles. The van der Waals surface area contributed by atoms with Crippen LogP contribution >= 0.6 is 0 Å². The van der Waals surface area contributed by atoms with Crippen LogP contribution in [-0.2, 0) is 19.6 Å². The second kappa shape index (κ2) is 9.84. The molecule has 0 bridgehead atoms. The van der Waals surface area contributed by atoms with Gasteiger partial charge in [0.2, 0.25) is 15.9 Å². The molecule has 2 aliphatic rings. The van der Waals surface area contributed by atoms with Gasteiger partial charge in [0.15, 0.2) is 0 Å². The van der Waals surface area contributed by atoms with Gasteiger partial charge in [-0.1, -0.05) is 49.1 Å². The van der Waals surface area contributed by atoms with E-state index in [1.165, 1.54) is 18.6 Å². The standard InChI is InChI=1S/C21H30N2O5S/c1-15-7-10-18(11-8-15)29(26,27)23-19-12-9-17(28-20(19)14-24)13-21(25)22-16-5-3-2-4-6-16/h7-12,16-17,19-20,23-24H,2-6,13-14H2,1H3,(H,22,25)/t17-,19-,20+/m1/s1. The predicted molar refractivity (Wildman–Crippen MR) is 110 cm³/mol. The van der Waals surface area contributed by atoms with Gasteiger partial charge < -0.3 is 15.2 Å². The number of amides is 1. The molecule has 1 aromatic rings. The zero-order valence-electron chi connectivity index (χ0n) is 16.7. The third kappa shape index (κ3) is 6.12. The number of aliphatic hydroxyl groups excluding tert-OH is 1. The summed E-state index contributed by atoms with van der Waals surface area (Å²) in [5.74, 6) is -0.0816. The lowest BCUT2D eigenvalue weighted by Gasteiger charge is -2.32. The monoisotopic (exact) mass is 422 g/mol. The number of hydrogen-bond donors (Lipinski definition) is 3. The Morgan fingerprint density at radius 2 is 1.83 bits per heavy atom. The molecule has 0 unspecified atom stereocenters. The van der Waals surface area contributed by atoms with E-state index < -0.39 is 28.3 Å². The van der Waals surface area contributed by atoms with E-state index >= 15 is 0 Å². The quantitative estimate of drug-likeness (QED) is 0.581. The average Bonchev–Trinajstić information content (AvgIpc) is 2.70. The third-order valence-corrected chi connectivity index (χ3v) is 6.92. The smallest absolute Gasteiger partial charge is 0.241 e. The minimum absolute atomic E-state index is 0.0816. The van der Waals surface area contributed by atoms with Gasteiger partial charge >= 0.3 is 0 Å². The van der Waals surface area contributed by atoms with Crippen LogP contribution in [0.5, 0.6) is 0 Å². The van der Waals surface area contributed by atoms with E-state index in [0.29, 0.717) is 0 Å². The van der Waals surface area contributed by atoms with Gasteiger partial charge in [-0.15, -0.1) is 0 Å². The fraction of sp³-hybridized carbons (Fsp3) is 0.571. The summed E-state index contributed by atoms with van der Waals surface area (Å²) in [7, 11) is -3.75. The van der Waals surface area contributed by atoms with E-state index in [2.05, 4.69) is 10.0 Å². The molecule has 29 heavy (non-hydrogen) atoms. The van der Waals surface area contributed by atoms with Crippen molar-refractivity contribution in [2.24, 2.45) is 0 Å². The van der Waals surface area contributed by atoms with Crippen LogP contribution in [-0.4, -0.2) is 50.3 Å². The first kappa shape index (κ1) is 22.0. The number of nitrogens with one attached hydrogen (secondary N) is 2. The number of ether oxygens (including phenoxy) is 1. The van der Waals surface area contributed by atoms with Crippen LogP contribution in [0.2, 0.25) is 0 Å². The molecule has 1 amide bonds. The summed E-state index contributed by atoms with van der Waals surface area (Å²) < 4.78 is 33.6. The fourth-order valence-electron chi connectivity index (χ4n) is 3.79. The lowest BCUT2D eigenvalue weighted by atomic mass is 9.95. The summed E-state index contributed by atoms with van der Waals surface area (Å²) in [6.07, 6.45) is 7.78. The number of sulfonamides is 1. The van der Waals surface area contributed by atoms with Gasteiger partial charge in [-0.05, 0) is 31.9 Å². The van der Waals surface area contributed by atoms with Crippen molar-refractivity contribution in [2.45, 2.75) is 74.6 Å². The van der Waals surface area contributed by atoms with E-state index in [-0.39, 0.29) is 29.9 Å². The Kier molecular flexibility index (Phi) is 7.45. The highest BCUT2D eigenvalue weighted by molar-refractivity contribution is 7.89. The number of benzene rings is 1. The third-order valence-electron chi connectivity index (χ3n) is 5.44. The highest BCUT2D eigenvalue weighted by Crippen LogP contribution is 2.20. The Hall–Kier alpha value is -1.74. The zero-order valence-corrected chi connectivity index (χ0v) is 17.5. The Bertz CT molecular complexity index is 816. The molecule has 1 saturated carbocycles. The number of rotatable bonds is 7. The van der Waals surface area contributed by atoms with Gasteiger partial charge in [0.05, 0.1) is 30.1 Å². The second-order valence-corrected chi connectivity index (χ2v) is 9.56. The van der Waals surface area contributed by atoms with E-state index in [0.717, 1.165) is 31.2 Å². The highest BCUT2D eigenvalue weighted by atomic mass is 32.2. The van der Waals surface area contributed by atoms with Gasteiger partial charge in [-0.2, -0.15) is 0 Å². The molecule has 7 nitrogen and oxygen atoms in total. The van der Waals surface area contributed by atoms with Gasteiger partial charge in [0.25, 0.3) is 0 Å². The first-order valence-electron chi connectivity index (χ1n) is 10.2. The molecule has 1 heterocycles. The molecule has 160 valence electrons. The molecule has 0 spiro atoms. The van der Waals surface area contributed by atoms with Gasteiger partial charge in [0.1, 0.15) is 6.10 Å². The van der Waals surface area contributed by atoms with Gasteiger partial charge in [0, 0.05) is 6.04 Å². The van der Waals surface area contributed by atoms with Gasteiger partial charge in [-0.25, -0.2) is 13.1 Å². The molecule has 1 fully saturated rings. The van der Waals surface area contributed by atoms with Crippen molar-refractivity contribution in [3.8, 4) is 0 Å². The Morgan fingerprint density at radius 1 is 1.14 bits per heavy atom. The summed E-state index contributed by atoms with van der Waals surface area (Å²) in [6, 6.07) is 6.06. The fourth-order valence-corrected chi connectivity index (χ4v) is 5.01. The Labute approximate surface area is 172 Å². The maximum absolute atomic E-state index is 12.6. The van der Waals surface area contributed by atoms with Crippen molar-refractivity contribution < 1.29 is 23.1 Å². The van der Waals surface area contributed by atoms with Crippen LogP contribution in [0.25, 0.3) is 0 Å². The number of aryl methyl sites for hydroxylation is 1. The SMILES string of the molecule is Cc1ccc(S(=O)(=O)N[C@@H]2C=C[C@H](CC(=O)NC3CCCCC3)O[C@H]2CO)cc1. The molecule has 0 aromatic heterocycles. The van der Waals surface area contributed by atoms with E-state index in [4.69, 9.17) is 4.74 Å². The van der Waals surface area contributed by atoms with Crippen molar-refractivity contribution in [2.75, 3.05) is 6.61 Å². The molecular formula is C21H30N2O5S. The number of hydrogen-bond acceptors (Lipinski definition) is 5. The van der Waals surface area contributed by atoms with Crippen molar-refractivity contribution >= 4 is 15.9 Å². The molecular weight excluding hydrogens is 392 g/mol. The van der Waals surface area contributed by atoms with Crippen LogP contribution in [0.15, 0.2) is 41.3 Å². The average molecular weight is 423 g/mol. The lowest BCUT2D eigenvalue weighted by Crippen LogP contribution is -2.49. The van der Waals surface area contributed by atoms with E-state index in [1.54, 1.807) is 24.3 Å². The summed E-state index contributed by atoms with van der Waals surface area (Å²) in [5.41, 5.74) is 0.965. The zero-order chi connectivity index (χ0) is 20.9. The molecule has 1 aliphatic heterocycles. The predicted octanol–water partition coefficient (Wildman–Crippen LogP) is 1.80. The summed E-state index contributed by atoms with van der Waals surface area (Å²) in [6.45, 7) is 1.53. The van der Waals surface area contributed by atoms with Crippen molar-refractivity contribution in [3.63, 3.8) is 0 Å². The van der Waals surface area contributed by atoms with Crippen LogP contribution < -0.4 is 10.0 Å². The first-order valence-corrected chi connectivity index (χ1v) is 11.7. The maximum atomic E-state index is 12.6. The van der Waals surface area contributed by atoms with Crippen molar-refractivity contribution in [1.82, 2.24) is 10.0 Å². The minimum atomic E-state index is -3.75. The van der Waals surface area contributed by atoms with Crippen molar-refractivity contribution in [3.05, 3.63) is 42.0 Å². The number of carbonyl (C=O) groups is 1. The summed E-state index contributed by atoms with van der Waals surface area (Å²) in [4.78, 5) is 12.5. The van der Waals surface area contributed by atoms with E-state index in [1.807, 2.05) is 6.92 Å². The molecule has 1 aromatic carbocycles. The normalized spacial score (nSPS) is 25.7. The lowest BCUT2D eigenvalue weighted by molar-refractivity contribution is -0.126. The molecule has 3 rings (SSSR count). The molecule has 3 atom stereocenters. The van der Waals surface area contributed by atoms with Crippen molar-refractivity contribution in [1.29, 1.82) is 0 Å². The van der Waals surface area contributed by atoms with Crippen LogP contribution in [0.1, 0.15) is 44.1 Å². The molecule has 3 N–H and O–H groups in total. The first-order chi connectivity index (χ1) is 13.9. The topological polar surface area (TPSA) is 105 Å². The maximum Gasteiger partial charge on any atom is 0.241 e.